The number of carbonyl (C=O) groups is 2. The van der Waals surface area contributed by atoms with Crippen molar-refractivity contribution in [1.82, 2.24) is 0 Å². The zero-order chi connectivity index (χ0) is 12.8. The summed E-state index contributed by atoms with van der Waals surface area (Å²) in [6, 6.07) is 4.93. The number of benzene rings is 1. The Morgan fingerprint density at radius 1 is 1.41 bits per heavy atom. The maximum atomic E-state index is 11.4. The highest BCUT2D eigenvalue weighted by Gasteiger charge is 2.07. The van der Waals surface area contributed by atoms with Gasteiger partial charge in [-0.1, -0.05) is 11.6 Å². The first-order valence-corrected chi connectivity index (χ1v) is 5.70. The van der Waals surface area contributed by atoms with Crippen LogP contribution in [0.1, 0.15) is 0 Å². The largest absolute Gasteiger partial charge is 0.480 e. The maximum Gasteiger partial charge on any atom is 0.329 e. The first kappa shape index (κ1) is 14.0. The van der Waals surface area contributed by atoms with E-state index in [1.807, 2.05) is 0 Å². The van der Waals surface area contributed by atoms with E-state index < -0.39 is 18.5 Å². The molecule has 0 atom stereocenters. The molecule has 0 unspecified atom stereocenters. The second-order valence-electron chi connectivity index (χ2n) is 3.06. The van der Waals surface area contributed by atoms with Gasteiger partial charge in [0.2, 0.25) is 5.91 Å². The molecule has 1 rings (SSSR count). The molecule has 1 amide bonds. The molecular formula is C10H9BrClNO4. The van der Waals surface area contributed by atoms with E-state index >= 15 is 0 Å². The van der Waals surface area contributed by atoms with Gasteiger partial charge in [-0.05, 0) is 34.1 Å². The van der Waals surface area contributed by atoms with E-state index in [1.165, 1.54) is 0 Å². The Labute approximate surface area is 111 Å². The van der Waals surface area contributed by atoms with Crippen LogP contribution in [0, 0.1) is 0 Å². The predicted molar refractivity (Wildman–Crippen MR) is 66.2 cm³/mol. The van der Waals surface area contributed by atoms with Gasteiger partial charge < -0.3 is 15.2 Å². The molecule has 0 radical (unpaired) electrons. The number of carbonyl (C=O) groups excluding carboxylic acids is 1. The highest BCUT2D eigenvalue weighted by atomic mass is 79.9. The second kappa shape index (κ2) is 6.58. The lowest BCUT2D eigenvalue weighted by molar-refractivity contribution is -0.143. The van der Waals surface area contributed by atoms with Crippen molar-refractivity contribution in [2.75, 3.05) is 18.5 Å². The summed E-state index contributed by atoms with van der Waals surface area (Å²) >= 11 is 9.01. The number of nitrogens with one attached hydrogen (secondary N) is 1. The Hall–Kier alpha value is -1.11. The summed E-state index contributed by atoms with van der Waals surface area (Å²) in [6.07, 6.45) is 0. The van der Waals surface area contributed by atoms with E-state index in [9.17, 15) is 9.59 Å². The molecule has 0 heterocycles. The van der Waals surface area contributed by atoms with Gasteiger partial charge in [-0.25, -0.2) is 4.79 Å². The van der Waals surface area contributed by atoms with E-state index in [1.54, 1.807) is 18.2 Å². The molecular weight excluding hydrogens is 313 g/mol. The average molecular weight is 323 g/mol. The molecule has 0 spiro atoms. The van der Waals surface area contributed by atoms with Gasteiger partial charge in [-0.15, -0.1) is 0 Å². The van der Waals surface area contributed by atoms with Crippen LogP contribution in [0.2, 0.25) is 5.02 Å². The minimum absolute atomic E-state index is 0.328. The molecule has 0 fully saturated rings. The molecule has 0 aliphatic rings. The monoisotopic (exact) mass is 321 g/mol. The summed E-state index contributed by atoms with van der Waals surface area (Å²) in [4.78, 5) is 21.5. The molecule has 1 aromatic rings. The van der Waals surface area contributed by atoms with Crippen LogP contribution in [0.5, 0.6) is 0 Å². The molecule has 0 saturated carbocycles. The second-order valence-corrected chi connectivity index (χ2v) is 4.35. The van der Waals surface area contributed by atoms with Gasteiger partial charge >= 0.3 is 5.97 Å². The maximum absolute atomic E-state index is 11.4. The van der Waals surface area contributed by atoms with E-state index in [-0.39, 0.29) is 6.61 Å². The van der Waals surface area contributed by atoms with E-state index in [4.69, 9.17) is 16.7 Å². The molecule has 0 saturated heterocycles. The predicted octanol–water partition coefficient (Wildman–Crippen LogP) is 2.14. The minimum atomic E-state index is -1.12. The first-order chi connectivity index (χ1) is 7.99. The number of amides is 1. The Morgan fingerprint density at radius 3 is 2.76 bits per heavy atom. The summed E-state index contributed by atoms with van der Waals surface area (Å²) in [5, 5.41) is 11.3. The lowest BCUT2D eigenvalue weighted by atomic mass is 10.3. The SMILES string of the molecule is O=C(O)COCC(=O)Nc1cc(Cl)ccc1Br. The number of halogens is 2. The molecule has 0 bridgehead atoms. The van der Waals surface area contributed by atoms with E-state index in [0.29, 0.717) is 15.2 Å². The smallest absolute Gasteiger partial charge is 0.329 e. The molecule has 0 aliphatic heterocycles. The number of carboxylic acid groups (broad SMARTS) is 1. The van der Waals surface area contributed by atoms with Crippen LogP contribution in [-0.2, 0) is 14.3 Å². The van der Waals surface area contributed by atoms with Crippen LogP contribution in [-0.4, -0.2) is 30.2 Å². The number of carboxylic acids is 1. The Kier molecular flexibility index (Phi) is 5.40. The van der Waals surface area contributed by atoms with E-state index in [2.05, 4.69) is 26.0 Å². The van der Waals surface area contributed by atoms with Crippen molar-refractivity contribution in [1.29, 1.82) is 0 Å². The van der Waals surface area contributed by atoms with Crippen molar-refractivity contribution in [3.05, 3.63) is 27.7 Å². The molecule has 7 heteroatoms. The Morgan fingerprint density at radius 2 is 2.12 bits per heavy atom. The van der Waals surface area contributed by atoms with Crippen LogP contribution in [0.4, 0.5) is 5.69 Å². The fourth-order valence-corrected chi connectivity index (χ4v) is 1.53. The standard InChI is InChI=1S/C10H9BrClNO4/c11-7-2-1-6(12)3-8(7)13-9(14)4-17-5-10(15)16/h1-3H,4-5H2,(H,13,14)(H,15,16). The lowest BCUT2D eigenvalue weighted by Crippen LogP contribution is -2.20. The zero-order valence-electron chi connectivity index (χ0n) is 8.57. The molecule has 2 N–H and O–H groups in total. The lowest BCUT2D eigenvalue weighted by Gasteiger charge is -2.07. The van der Waals surface area contributed by atoms with E-state index in [0.717, 1.165) is 0 Å². The number of anilines is 1. The first-order valence-electron chi connectivity index (χ1n) is 4.53. The normalized spacial score (nSPS) is 10.0. The van der Waals surface area contributed by atoms with Gasteiger partial charge in [0.05, 0.1) is 5.69 Å². The Balaban J connectivity index is 2.50. The molecule has 0 aromatic heterocycles. The van der Waals surface area contributed by atoms with Crippen LogP contribution in [0.15, 0.2) is 22.7 Å². The quantitative estimate of drug-likeness (QED) is 0.871. The number of hydrogen-bond acceptors (Lipinski definition) is 3. The van der Waals surface area contributed by atoms with Gasteiger partial charge in [0.15, 0.2) is 0 Å². The van der Waals surface area contributed by atoms with Crippen molar-refractivity contribution in [3.63, 3.8) is 0 Å². The zero-order valence-corrected chi connectivity index (χ0v) is 10.9. The van der Waals surface area contributed by atoms with Crippen molar-refractivity contribution in [3.8, 4) is 0 Å². The van der Waals surface area contributed by atoms with Gasteiger partial charge in [0, 0.05) is 9.50 Å². The third kappa shape index (κ3) is 5.16. The summed E-state index contributed by atoms with van der Waals surface area (Å²) in [5.41, 5.74) is 0.501. The topological polar surface area (TPSA) is 75.6 Å². The number of rotatable bonds is 5. The molecule has 17 heavy (non-hydrogen) atoms. The molecule has 0 aliphatic carbocycles. The van der Waals surface area contributed by atoms with Crippen LogP contribution < -0.4 is 5.32 Å². The van der Waals surface area contributed by atoms with Gasteiger partial charge in [0.25, 0.3) is 0 Å². The average Bonchev–Trinajstić information content (AvgIpc) is 2.23. The van der Waals surface area contributed by atoms with Crippen molar-refractivity contribution in [2.24, 2.45) is 0 Å². The fraction of sp³-hybridized carbons (Fsp3) is 0.200. The summed E-state index contributed by atoms with van der Waals surface area (Å²) < 4.78 is 5.31. The number of aliphatic carboxylic acids is 1. The third-order valence-corrected chi connectivity index (χ3v) is 2.59. The molecule has 1 aromatic carbocycles. The van der Waals surface area contributed by atoms with Crippen LogP contribution in [0.3, 0.4) is 0 Å². The van der Waals surface area contributed by atoms with Gasteiger partial charge in [-0.3, -0.25) is 4.79 Å². The summed E-state index contributed by atoms with van der Waals surface area (Å²) in [5.74, 6) is -1.57. The van der Waals surface area contributed by atoms with Crippen molar-refractivity contribution in [2.45, 2.75) is 0 Å². The van der Waals surface area contributed by atoms with Crippen molar-refractivity contribution >= 4 is 45.1 Å². The van der Waals surface area contributed by atoms with Gasteiger partial charge in [0.1, 0.15) is 13.2 Å². The third-order valence-electron chi connectivity index (χ3n) is 1.66. The number of hydrogen-bond donors (Lipinski definition) is 2. The van der Waals surface area contributed by atoms with Gasteiger partial charge in [-0.2, -0.15) is 0 Å². The number of ether oxygens (including phenoxy) is 1. The fourth-order valence-electron chi connectivity index (χ4n) is 1.01. The van der Waals surface area contributed by atoms with Crippen molar-refractivity contribution < 1.29 is 19.4 Å². The minimum Gasteiger partial charge on any atom is -0.480 e. The summed E-state index contributed by atoms with van der Waals surface area (Å²) in [7, 11) is 0. The highest BCUT2D eigenvalue weighted by molar-refractivity contribution is 9.10. The summed E-state index contributed by atoms with van der Waals surface area (Å²) in [6.45, 7) is -0.838. The highest BCUT2D eigenvalue weighted by Crippen LogP contribution is 2.25. The molecule has 5 nitrogen and oxygen atoms in total. The van der Waals surface area contributed by atoms with Crippen LogP contribution >= 0.6 is 27.5 Å². The van der Waals surface area contributed by atoms with Crippen LogP contribution in [0.25, 0.3) is 0 Å². The molecule has 92 valence electrons. The Bertz CT molecular complexity index is 438.